The van der Waals surface area contributed by atoms with Crippen molar-refractivity contribution >= 4 is 18.0 Å². The summed E-state index contributed by atoms with van der Waals surface area (Å²) >= 11 is 0. The molecule has 3 rings (SSSR count). The Labute approximate surface area is 165 Å². The minimum Gasteiger partial charge on any atom is -0.468 e. The molecule has 2 amide bonds. The molecular formula is C21H28N2O5. The fourth-order valence-corrected chi connectivity index (χ4v) is 4.13. The molecule has 2 saturated heterocycles. The van der Waals surface area contributed by atoms with Gasteiger partial charge in [0.2, 0.25) is 5.91 Å². The van der Waals surface area contributed by atoms with E-state index in [-0.39, 0.29) is 18.0 Å². The van der Waals surface area contributed by atoms with E-state index in [4.69, 9.17) is 9.47 Å². The number of carbonyl (C=O) groups is 3. The summed E-state index contributed by atoms with van der Waals surface area (Å²) in [5.41, 5.74) is 1.36. The van der Waals surface area contributed by atoms with Crippen LogP contribution in [0.25, 0.3) is 0 Å². The topological polar surface area (TPSA) is 76.2 Å². The average molecular weight is 388 g/mol. The van der Waals surface area contributed by atoms with E-state index in [1.54, 1.807) is 9.80 Å². The molecule has 2 aliphatic heterocycles. The van der Waals surface area contributed by atoms with Crippen molar-refractivity contribution < 1.29 is 23.9 Å². The molecule has 1 aromatic carbocycles. The Morgan fingerprint density at radius 1 is 1.14 bits per heavy atom. The van der Waals surface area contributed by atoms with Gasteiger partial charge in [0.05, 0.1) is 19.2 Å². The molecule has 0 bridgehead atoms. The van der Waals surface area contributed by atoms with Crippen LogP contribution < -0.4 is 0 Å². The highest BCUT2D eigenvalue weighted by Crippen LogP contribution is 2.41. The lowest BCUT2D eigenvalue weighted by Gasteiger charge is -2.45. The highest BCUT2D eigenvalue weighted by molar-refractivity contribution is 5.99. The van der Waals surface area contributed by atoms with Crippen molar-refractivity contribution in [3.8, 4) is 0 Å². The third-order valence-electron chi connectivity index (χ3n) is 5.36. The Balaban J connectivity index is 2.00. The number of aryl methyl sites for hydroxylation is 1. The lowest BCUT2D eigenvalue weighted by molar-refractivity contribution is -0.150. The van der Waals surface area contributed by atoms with Crippen LogP contribution in [0.3, 0.4) is 0 Å². The van der Waals surface area contributed by atoms with Crippen molar-refractivity contribution in [3.05, 3.63) is 35.4 Å². The largest absolute Gasteiger partial charge is 0.468 e. The van der Waals surface area contributed by atoms with Crippen LogP contribution in [0.2, 0.25) is 0 Å². The molecule has 0 aromatic heterocycles. The summed E-state index contributed by atoms with van der Waals surface area (Å²) in [6.45, 7) is 8.20. The Bertz CT molecular complexity index is 785. The van der Waals surface area contributed by atoms with Gasteiger partial charge >= 0.3 is 12.1 Å². The van der Waals surface area contributed by atoms with Gasteiger partial charge in [-0.3, -0.25) is 14.5 Å². The second kappa shape index (κ2) is 7.45. The Morgan fingerprint density at radius 2 is 1.82 bits per heavy atom. The molecule has 2 fully saturated rings. The number of benzene rings is 1. The number of nitrogens with zero attached hydrogens (tertiary/aromatic N) is 2. The highest BCUT2D eigenvalue weighted by atomic mass is 16.6. The van der Waals surface area contributed by atoms with Crippen molar-refractivity contribution in [3.63, 3.8) is 0 Å². The van der Waals surface area contributed by atoms with Crippen molar-refractivity contribution in [2.75, 3.05) is 20.2 Å². The first-order valence-corrected chi connectivity index (χ1v) is 9.57. The first kappa shape index (κ1) is 20.2. The monoisotopic (exact) mass is 388 g/mol. The number of rotatable bonds is 2. The minimum absolute atomic E-state index is 0.223. The van der Waals surface area contributed by atoms with E-state index in [0.29, 0.717) is 19.5 Å². The molecule has 0 radical (unpaired) electrons. The number of esters is 1. The van der Waals surface area contributed by atoms with Gasteiger partial charge in [-0.2, -0.15) is 0 Å². The summed E-state index contributed by atoms with van der Waals surface area (Å²) in [6.07, 6.45) is -0.0848. The van der Waals surface area contributed by atoms with Gasteiger partial charge in [-0.15, -0.1) is 0 Å². The van der Waals surface area contributed by atoms with Gasteiger partial charge in [0, 0.05) is 13.1 Å². The number of hydrogen-bond donors (Lipinski definition) is 0. The molecule has 0 spiro atoms. The van der Waals surface area contributed by atoms with Gasteiger partial charge < -0.3 is 14.4 Å². The van der Waals surface area contributed by atoms with E-state index >= 15 is 0 Å². The van der Waals surface area contributed by atoms with E-state index < -0.39 is 23.6 Å². The van der Waals surface area contributed by atoms with Gasteiger partial charge in [0.1, 0.15) is 11.5 Å². The number of hydrogen-bond acceptors (Lipinski definition) is 5. The number of amides is 2. The van der Waals surface area contributed by atoms with Gasteiger partial charge in [0.25, 0.3) is 0 Å². The lowest BCUT2D eigenvalue weighted by Crippen LogP contribution is -2.56. The quantitative estimate of drug-likeness (QED) is 0.575. The summed E-state index contributed by atoms with van der Waals surface area (Å²) in [5.74, 6) is -1.56. The maximum Gasteiger partial charge on any atom is 0.410 e. The molecule has 3 unspecified atom stereocenters. The van der Waals surface area contributed by atoms with Crippen molar-refractivity contribution in [2.45, 2.75) is 51.8 Å². The molecule has 2 heterocycles. The Kier molecular flexibility index (Phi) is 5.37. The van der Waals surface area contributed by atoms with Crippen LogP contribution in [0, 0.1) is 12.8 Å². The molecule has 28 heavy (non-hydrogen) atoms. The van der Waals surface area contributed by atoms with Crippen molar-refractivity contribution in [2.24, 2.45) is 5.92 Å². The maximum absolute atomic E-state index is 13.0. The van der Waals surface area contributed by atoms with Crippen LogP contribution in [0.1, 0.15) is 44.4 Å². The maximum atomic E-state index is 13.0. The summed E-state index contributed by atoms with van der Waals surface area (Å²) < 4.78 is 10.5. The second-order valence-electron chi connectivity index (χ2n) is 8.39. The molecule has 7 nitrogen and oxygen atoms in total. The van der Waals surface area contributed by atoms with Crippen LogP contribution in [-0.4, -0.2) is 59.6 Å². The predicted molar refractivity (Wildman–Crippen MR) is 102 cm³/mol. The molecular weight excluding hydrogens is 360 g/mol. The summed E-state index contributed by atoms with van der Waals surface area (Å²) in [5, 5.41) is 0. The Morgan fingerprint density at radius 3 is 2.43 bits per heavy atom. The Hall–Kier alpha value is -2.57. The van der Waals surface area contributed by atoms with Crippen LogP contribution in [0.4, 0.5) is 4.79 Å². The SMILES string of the molecule is COC(=O)C1CC2C(c3ccccc3C)N(C(=O)OC(C)(C)C)CCN2C1=O. The van der Waals surface area contributed by atoms with Crippen LogP contribution in [0.5, 0.6) is 0 Å². The van der Waals surface area contributed by atoms with Crippen molar-refractivity contribution in [1.29, 1.82) is 0 Å². The zero-order valence-electron chi connectivity index (χ0n) is 17.1. The number of ether oxygens (including phenoxy) is 2. The van der Waals surface area contributed by atoms with Crippen LogP contribution in [-0.2, 0) is 19.1 Å². The first-order chi connectivity index (χ1) is 13.1. The highest BCUT2D eigenvalue weighted by Gasteiger charge is 2.52. The molecule has 152 valence electrons. The fraction of sp³-hybridized carbons (Fsp3) is 0.571. The van der Waals surface area contributed by atoms with Gasteiger partial charge in [0.15, 0.2) is 0 Å². The average Bonchev–Trinajstić information content (AvgIpc) is 2.96. The summed E-state index contributed by atoms with van der Waals surface area (Å²) in [6, 6.07) is 7.15. The van der Waals surface area contributed by atoms with E-state index in [1.165, 1.54) is 7.11 Å². The zero-order chi connectivity index (χ0) is 20.6. The third kappa shape index (κ3) is 3.70. The van der Waals surface area contributed by atoms with E-state index in [2.05, 4.69) is 0 Å². The molecule has 0 aliphatic carbocycles. The normalized spacial score (nSPS) is 24.8. The van der Waals surface area contributed by atoms with Gasteiger partial charge in [-0.25, -0.2) is 4.79 Å². The zero-order valence-corrected chi connectivity index (χ0v) is 17.1. The molecule has 0 saturated carbocycles. The number of fused-ring (bicyclic) bond motifs is 1. The van der Waals surface area contributed by atoms with E-state index in [9.17, 15) is 14.4 Å². The molecule has 3 atom stereocenters. The number of piperazine rings is 1. The smallest absolute Gasteiger partial charge is 0.410 e. The predicted octanol–water partition coefficient (Wildman–Crippen LogP) is 2.68. The summed E-state index contributed by atoms with van der Waals surface area (Å²) in [4.78, 5) is 41.3. The van der Waals surface area contributed by atoms with Crippen molar-refractivity contribution in [1.82, 2.24) is 9.80 Å². The third-order valence-corrected chi connectivity index (χ3v) is 5.36. The second-order valence-corrected chi connectivity index (χ2v) is 8.39. The minimum atomic E-state index is -0.819. The molecule has 7 heteroatoms. The first-order valence-electron chi connectivity index (χ1n) is 9.57. The van der Waals surface area contributed by atoms with Gasteiger partial charge in [-0.05, 0) is 45.2 Å². The number of carbonyl (C=O) groups excluding carboxylic acids is 3. The standard InChI is InChI=1S/C21H28N2O5/c1-13-8-6-7-9-14(13)17-16-12-15(19(25)27-5)18(24)22(16)10-11-23(17)20(26)28-21(2,3)4/h6-9,15-17H,10-12H2,1-5H3. The lowest BCUT2D eigenvalue weighted by atomic mass is 9.89. The van der Waals surface area contributed by atoms with E-state index in [1.807, 2.05) is 52.0 Å². The summed E-state index contributed by atoms with van der Waals surface area (Å²) in [7, 11) is 1.29. The van der Waals surface area contributed by atoms with Crippen LogP contribution >= 0.6 is 0 Å². The van der Waals surface area contributed by atoms with Gasteiger partial charge in [-0.1, -0.05) is 24.3 Å². The van der Waals surface area contributed by atoms with Crippen LogP contribution in [0.15, 0.2) is 24.3 Å². The fourth-order valence-electron chi connectivity index (χ4n) is 4.13. The van der Waals surface area contributed by atoms with E-state index in [0.717, 1.165) is 11.1 Å². The molecule has 1 aromatic rings. The molecule has 0 N–H and O–H groups in total. The number of methoxy groups -OCH3 is 1. The molecule has 2 aliphatic rings.